The van der Waals surface area contributed by atoms with Crippen molar-refractivity contribution in [2.75, 3.05) is 29.6 Å². The van der Waals surface area contributed by atoms with Gasteiger partial charge in [0.15, 0.2) is 5.82 Å². The highest BCUT2D eigenvalue weighted by Gasteiger charge is 2.26. The van der Waals surface area contributed by atoms with Gasteiger partial charge in [0.2, 0.25) is 0 Å². The van der Waals surface area contributed by atoms with Crippen LogP contribution in [0.5, 0.6) is 0 Å². The fourth-order valence-electron chi connectivity index (χ4n) is 2.99. The molecule has 0 radical (unpaired) electrons. The van der Waals surface area contributed by atoms with Crippen molar-refractivity contribution in [3.8, 4) is 0 Å². The summed E-state index contributed by atoms with van der Waals surface area (Å²) in [4.78, 5) is 42.8. The Hall–Kier alpha value is -3.21. The fourth-order valence-corrected chi connectivity index (χ4v) is 2.99. The van der Waals surface area contributed by atoms with E-state index in [1.165, 1.54) is 12.1 Å². The molecule has 1 saturated heterocycles. The summed E-state index contributed by atoms with van der Waals surface area (Å²) in [5, 5.41) is 12.4. The summed E-state index contributed by atoms with van der Waals surface area (Å²) >= 11 is 0. The number of amides is 1. The van der Waals surface area contributed by atoms with Crippen molar-refractivity contribution in [2.45, 2.75) is 19.8 Å². The first-order chi connectivity index (χ1) is 12.4. The van der Waals surface area contributed by atoms with Crippen LogP contribution in [0.3, 0.4) is 0 Å². The number of benzene rings is 1. The van der Waals surface area contributed by atoms with Crippen LogP contribution in [0, 0.1) is 10.1 Å². The predicted molar refractivity (Wildman–Crippen MR) is 94.2 cm³/mol. The largest absolute Gasteiger partial charge is 0.448 e. The van der Waals surface area contributed by atoms with Crippen LogP contribution in [-0.2, 0) is 4.74 Å². The lowest BCUT2D eigenvalue weighted by Gasteiger charge is -2.20. The summed E-state index contributed by atoms with van der Waals surface area (Å²) in [6.45, 7) is 3.08. The van der Waals surface area contributed by atoms with Gasteiger partial charge in [0.25, 0.3) is 5.69 Å². The number of nitrogens with one attached hydrogen (secondary N) is 1. The molecule has 2 heterocycles. The Bertz CT molecular complexity index is 921. The lowest BCUT2D eigenvalue weighted by Crippen LogP contribution is -2.40. The van der Waals surface area contributed by atoms with Crippen molar-refractivity contribution in [1.82, 2.24) is 9.97 Å². The van der Waals surface area contributed by atoms with Gasteiger partial charge in [-0.3, -0.25) is 10.1 Å². The Morgan fingerprint density at radius 1 is 1.46 bits per heavy atom. The number of anilines is 2. The summed E-state index contributed by atoms with van der Waals surface area (Å²) in [7, 11) is 0. The molecule has 26 heavy (non-hydrogen) atoms. The minimum Gasteiger partial charge on any atom is -0.448 e. The average Bonchev–Trinajstić information content (AvgIpc) is 3.13. The van der Waals surface area contributed by atoms with Gasteiger partial charge >= 0.3 is 11.8 Å². The summed E-state index contributed by atoms with van der Waals surface area (Å²) < 4.78 is 4.83. The van der Waals surface area contributed by atoms with Crippen LogP contribution in [0.15, 0.2) is 16.9 Å². The Labute approximate surface area is 147 Å². The molecule has 1 aliphatic rings. The van der Waals surface area contributed by atoms with E-state index in [1.54, 1.807) is 6.92 Å². The molecular weight excluding hydrogens is 344 g/mol. The van der Waals surface area contributed by atoms with Gasteiger partial charge in [0.1, 0.15) is 5.69 Å². The third kappa shape index (κ3) is 3.16. The van der Waals surface area contributed by atoms with Gasteiger partial charge in [-0.15, -0.1) is 0 Å². The van der Waals surface area contributed by atoms with E-state index in [-0.39, 0.29) is 23.6 Å². The van der Waals surface area contributed by atoms with Crippen LogP contribution in [0.25, 0.3) is 10.9 Å². The van der Waals surface area contributed by atoms with E-state index in [0.717, 1.165) is 12.8 Å². The highest BCUT2D eigenvalue weighted by atomic mass is 16.6. The van der Waals surface area contributed by atoms with Gasteiger partial charge in [-0.05, 0) is 25.8 Å². The van der Waals surface area contributed by atoms with Gasteiger partial charge in [0.05, 0.1) is 17.0 Å². The standard InChI is InChI=1S/C15H18N6O5/c1-2-26-15(23)20(16)13-9-7-11(19-5-3-4-6-19)12(21(24)25)8-10(9)17-14(22)18-13/h7-8H,2-6,16H2,1H3,(H,17,18,22). The molecule has 1 aromatic heterocycles. The quantitative estimate of drug-likeness (QED) is 0.357. The molecule has 0 unspecified atom stereocenters. The van der Waals surface area contributed by atoms with Crippen LogP contribution in [0.2, 0.25) is 0 Å². The molecule has 3 N–H and O–H groups in total. The average molecular weight is 362 g/mol. The number of nitro groups is 1. The normalized spacial score (nSPS) is 13.8. The molecule has 1 amide bonds. The summed E-state index contributed by atoms with van der Waals surface area (Å²) in [6, 6.07) is 2.78. The molecule has 0 spiro atoms. The van der Waals surface area contributed by atoms with Crippen molar-refractivity contribution in [3.05, 3.63) is 32.7 Å². The second kappa shape index (κ2) is 6.96. The van der Waals surface area contributed by atoms with Crippen LogP contribution in [0.4, 0.5) is 22.0 Å². The fraction of sp³-hybridized carbons (Fsp3) is 0.400. The second-order valence-electron chi connectivity index (χ2n) is 5.77. The van der Waals surface area contributed by atoms with E-state index in [1.807, 2.05) is 4.90 Å². The lowest BCUT2D eigenvalue weighted by atomic mass is 10.1. The van der Waals surface area contributed by atoms with Gasteiger partial charge < -0.3 is 14.6 Å². The first-order valence-corrected chi connectivity index (χ1v) is 8.11. The number of nitrogens with zero attached hydrogens (tertiary/aromatic N) is 4. The second-order valence-corrected chi connectivity index (χ2v) is 5.77. The zero-order valence-corrected chi connectivity index (χ0v) is 14.1. The lowest BCUT2D eigenvalue weighted by molar-refractivity contribution is -0.384. The summed E-state index contributed by atoms with van der Waals surface area (Å²) in [5.74, 6) is 5.63. The van der Waals surface area contributed by atoms with Crippen LogP contribution in [0.1, 0.15) is 19.8 Å². The number of carbonyl (C=O) groups is 1. The molecule has 138 valence electrons. The Morgan fingerprint density at radius 2 is 2.15 bits per heavy atom. The molecule has 3 rings (SSSR count). The zero-order valence-electron chi connectivity index (χ0n) is 14.1. The Balaban J connectivity index is 2.22. The first kappa shape index (κ1) is 17.6. The first-order valence-electron chi connectivity index (χ1n) is 8.11. The molecule has 11 heteroatoms. The number of fused-ring (bicyclic) bond motifs is 1. The number of aromatic nitrogens is 2. The highest BCUT2D eigenvalue weighted by molar-refractivity contribution is 6.00. The molecule has 0 saturated carbocycles. The van der Waals surface area contributed by atoms with E-state index < -0.39 is 16.7 Å². The third-order valence-electron chi connectivity index (χ3n) is 4.14. The molecule has 0 bridgehead atoms. The molecule has 1 fully saturated rings. The number of hydrogen-bond acceptors (Lipinski definition) is 8. The Kier molecular flexibility index (Phi) is 4.71. The molecule has 0 atom stereocenters. The van der Waals surface area contributed by atoms with Gasteiger partial charge in [-0.25, -0.2) is 15.4 Å². The van der Waals surface area contributed by atoms with E-state index in [0.29, 0.717) is 29.2 Å². The van der Waals surface area contributed by atoms with Crippen molar-refractivity contribution < 1.29 is 14.5 Å². The predicted octanol–water partition coefficient (Wildman–Crippen LogP) is 1.27. The highest BCUT2D eigenvalue weighted by Crippen LogP contribution is 2.36. The van der Waals surface area contributed by atoms with E-state index in [9.17, 15) is 19.7 Å². The summed E-state index contributed by atoms with van der Waals surface area (Å²) in [6.07, 6.45) is 0.975. The molecular formula is C15H18N6O5. The van der Waals surface area contributed by atoms with Crippen LogP contribution < -0.4 is 21.4 Å². The van der Waals surface area contributed by atoms with E-state index in [4.69, 9.17) is 10.6 Å². The van der Waals surface area contributed by atoms with E-state index >= 15 is 0 Å². The Morgan fingerprint density at radius 3 is 2.77 bits per heavy atom. The third-order valence-corrected chi connectivity index (χ3v) is 4.14. The number of H-pyrrole nitrogens is 1. The minimum atomic E-state index is -0.882. The number of nitrogens with two attached hydrogens (primary N) is 1. The maximum atomic E-state index is 11.9. The SMILES string of the molecule is CCOC(=O)N(N)c1nc(=O)[nH]c2cc([N+](=O)[O-])c(N3CCCC3)cc12. The number of carbonyl (C=O) groups excluding carboxylic acids is 1. The maximum Gasteiger partial charge on any atom is 0.430 e. The minimum absolute atomic E-state index is 0.0954. The molecule has 0 aliphatic carbocycles. The van der Waals surface area contributed by atoms with Gasteiger partial charge in [-0.2, -0.15) is 9.99 Å². The molecule has 1 aliphatic heterocycles. The van der Waals surface area contributed by atoms with Crippen LogP contribution >= 0.6 is 0 Å². The smallest absolute Gasteiger partial charge is 0.430 e. The molecule has 2 aromatic rings. The van der Waals surface area contributed by atoms with Crippen molar-refractivity contribution >= 4 is 34.2 Å². The number of hydrogen-bond donors (Lipinski definition) is 2. The van der Waals surface area contributed by atoms with Crippen molar-refractivity contribution in [3.63, 3.8) is 0 Å². The molecule has 1 aromatic carbocycles. The van der Waals surface area contributed by atoms with Crippen molar-refractivity contribution in [1.29, 1.82) is 0 Å². The zero-order chi connectivity index (χ0) is 18.8. The van der Waals surface area contributed by atoms with E-state index in [2.05, 4.69) is 9.97 Å². The number of ether oxygens (including phenoxy) is 1. The maximum absolute atomic E-state index is 11.9. The number of nitro benzene ring substituents is 1. The number of hydrazine groups is 1. The summed E-state index contributed by atoms with van der Waals surface area (Å²) in [5.41, 5.74) is -0.357. The van der Waals surface area contributed by atoms with Gasteiger partial charge in [-0.1, -0.05) is 0 Å². The topological polar surface area (TPSA) is 148 Å². The number of rotatable bonds is 4. The number of aromatic amines is 1. The van der Waals surface area contributed by atoms with Crippen LogP contribution in [-0.4, -0.2) is 40.7 Å². The molecule has 11 nitrogen and oxygen atoms in total. The van der Waals surface area contributed by atoms with Gasteiger partial charge in [0, 0.05) is 24.5 Å². The van der Waals surface area contributed by atoms with Crippen molar-refractivity contribution in [2.24, 2.45) is 5.84 Å². The monoisotopic (exact) mass is 362 g/mol.